The molecule has 0 bridgehead atoms. The van der Waals surface area contributed by atoms with E-state index in [0.717, 1.165) is 5.69 Å². The van der Waals surface area contributed by atoms with Gasteiger partial charge in [0.2, 0.25) is 10.0 Å². The van der Waals surface area contributed by atoms with Crippen LogP contribution in [0.15, 0.2) is 34.1 Å². The molecule has 0 saturated carbocycles. The Bertz CT molecular complexity index is 641. The zero-order valence-corrected chi connectivity index (χ0v) is 12.7. The maximum atomic E-state index is 12.1. The Hall–Kier alpha value is -1.51. The van der Waals surface area contributed by atoms with Gasteiger partial charge in [0.1, 0.15) is 5.82 Å². The summed E-state index contributed by atoms with van der Waals surface area (Å²) in [6.45, 7) is 2.94. The summed E-state index contributed by atoms with van der Waals surface area (Å²) in [5, 5.41) is 4.89. The maximum Gasteiger partial charge on any atom is 0.240 e. The van der Waals surface area contributed by atoms with E-state index >= 15 is 0 Å². The quantitative estimate of drug-likeness (QED) is 0.809. The van der Waals surface area contributed by atoms with Crippen LogP contribution in [0.3, 0.4) is 0 Å². The molecule has 2 aromatic heterocycles. The molecule has 20 heavy (non-hydrogen) atoms. The lowest BCUT2D eigenvalue weighted by Gasteiger charge is -2.08. The van der Waals surface area contributed by atoms with Crippen molar-refractivity contribution in [3.8, 4) is 0 Å². The molecule has 0 atom stereocenters. The minimum atomic E-state index is -3.51. The summed E-state index contributed by atoms with van der Waals surface area (Å²) in [5.41, 5.74) is 2.62. The molecule has 8 heteroatoms. The second kappa shape index (κ2) is 6.78. The fourth-order valence-electron chi connectivity index (χ4n) is 1.61. The van der Waals surface area contributed by atoms with Crippen LogP contribution in [0.2, 0.25) is 0 Å². The van der Waals surface area contributed by atoms with Crippen LogP contribution in [0, 0.1) is 0 Å². The van der Waals surface area contributed by atoms with Gasteiger partial charge in [-0.3, -0.25) is 0 Å². The van der Waals surface area contributed by atoms with Crippen LogP contribution >= 0.6 is 11.3 Å². The van der Waals surface area contributed by atoms with Gasteiger partial charge in [-0.2, -0.15) is 0 Å². The molecule has 0 saturated heterocycles. The second-order valence-electron chi connectivity index (χ2n) is 4.03. The van der Waals surface area contributed by atoms with Crippen LogP contribution in [0.1, 0.15) is 12.6 Å². The predicted molar refractivity (Wildman–Crippen MR) is 79.4 cm³/mol. The number of rotatable bonds is 7. The van der Waals surface area contributed by atoms with Gasteiger partial charge in [-0.05, 0) is 13.0 Å². The van der Waals surface area contributed by atoms with E-state index < -0.39 is 10.0 Å². The molecule has 0 aliphatic heterocycles. The van der Waals surface area contributed by atoms with Crippen LogP contribution in [0.5, 0.6) is 0 Å². The number of anilines is 1. The van der Waals surface area contributed by atoms with E-state index in [-0.39, 0.29) is 4.90 Å². The van der Waals surface area contributed by atoms with Crippen molar-refractivity contribution in [1.29, 1.82) is 0 Å². The fraction of sp³-hybridized carbons (Fsp3) is 0.333. The van der Waals surface area contributed by atoms with Crippen LogP contribution in [-0.2, 0) is 16.4 Å². The molecule has 2 rings (SSSR count). The molecule has 0 radical (unpaired) electrons. The van der Waals surface area contributed by atoms with Gasteiger partial charge in [0, 0.05) is 37.2 Å². The average Bonchev–Trinajstić information content (AvgIpc) is 2.92. The predicted octanol–water partition coefficient (Wildman–Crippen LogP) is 1.49. The Labute approximate surface area is 122 Å². The normalized spacial score (nSPS) is 11.4. The van der Waals surface area contributed by atoms with Crippen molar-refractivity contribution < 1.29 is 8.42 Å². The summed E-state index contributed by atoms with van der Waals surface area (Å²) in [4.78, 5) is 8.37. The number of nitrogens with one attached hydrogen (secondary N) is 2. The summed E-state index contributed by atoms with van der Waals surface area (Å²) >= 11 is 1.50. The third-order valence-corrected chi connectivity index (χ3v) is 4.65. The first-order valence-electron chi connectivity index (χ1n) is 6.18. The summed E-state index contributed by atoms with van der Waals surface area (Å²) in [6.07, 6.45) is 2.06. The Morgan fingerprint density at radius 1 is 1.35 bits per heavy atom. The first-order chi connectivity index (χ1) is 9.62. The van der Waals surface area contributed by atoms with Gasteiger partial charge < -0.3 is 5.32 Å². The van der Waals surface area contributed by atoms with Gasteiger partial charge in [0.25, 0.3) is 0 Å². The summed E-state index contributed by atoms with van der Waals surface area (Å²) in [5.74, 6) is 0.551. The fourth-order valence-corrected chi connectivity index (χ4v) is 3.25. The SMILES string of the molecule is CCNc1cc(S(=O)(=O)NCCc2cscn2)ccn1. The molecule has 108 valence electrons. The molecular formula is C12H16N4O2S2. The lowest BCUT2D eigenvalue weighted by Crippen LogP contribution is -2.26. The summed E-state index contributed by atoms with van der Waals surface area (Å²) in [7, 11) is -3.51. The molecule has 0 unspecified atom stereocenters. The van der Waals surface area contributed by atoms with Crippen molar-refractivity contribution in [3.63, 3.8) is 0 Å². The topological polar surface area (TPSA) is 84.0 Å². The Morgan fingerprint density at radius 3 is 2.90 bits per heavy atom. The van der Waals surface area contributed by atoms with Crippen molar-refractivity contribution >= 4 is 27.2 Å². The van der Waals surface area contributed by atoms with Gasteiger partial charge in [-0.15, -0.1) is 11.3 Å². The third kappa shape index (κ3) is 3.99. The van der Waals surface area contributed by atoms with Crippen LogP contribution in [0.25, 0.3) is 0 Å². The molecule has 0 amide bonds. The molecular weight excluding hydrogens is 296 g/mol. The molecule has 0 fully saturated rings. The standard InChI is InChI=1S/C12H16N4O2S2/c1-2-13-12-7-11(4-5-14-12)20(17,18)16-6-3-10-8-19-9-15-10/h4-5,7-9,16H,2-3,6H2,1H3,(H,13,14). The Balaban J connectivity index is 2.00. The van der Waals surface area contributed by atoms with Gasteiger partial charge >= 0.3 is 0 Å². The minimum Gasteiger partial charge on any atom is -0.370 e. The Morgan fingerprint density at radius 2 is 2.20 bits per heavy atom. The lowest BCUT2D eigenvalue weighted by molar-refractivity contribution is 0.581. The van der Waals surface area contributed by atoms with E-state index in [1.54, 1.807) is 5.51 Å². The number of thiazole rings is 1. The molecule has 0 spiro atoms. The summed E-state index contributed by atoms with van der Waals surface area (Å²) in [6, 6.07) is 3.00. The molecule has 0 aliphatic rings. The number of pyridine rings is 1. The first-order valence-corrected chi connectivity index (χ1v) is 8.61. The lowest BCUT2D eigenvalue weighted by atomic mass is 10.3. The van der Waals surface area contributed by atoms with E-state index in [1.807, 2.05) is 12.3 Å². The van der Waals surface area contributed by atoms with Crippen molar-refractivity contribution in [2.75, 3.05) is 18.4 Å². The van der Waals surface area contributed by atoms with Crippen molar-refractivity contribution in [2.24, 2.45) is 0 Å². The molecule has 2 N–H and O–H groups in total. The van der Waals surface area contributed by atoms with E-state index in [4.69, 9.17) is 0 Å². The number of aromatic nitrogens is 2. The molecule has 6 nitrogen and oxygen atoms in total. The average molecular weight is 312 g/mol. The first kappa shape index (κ1) is 14.9. The van der Waals surface area contributed by atoms with Crippen LogP contribution in [-0.4, -0.2) is 31.5 Å². The van der Waals surface area contributed by atoms with Crippen LogP contribution < -0.4 is 10.0 Å². The Kier molecular flexibility index (Phi) is 5.05. The second-order valence-corrected chi connectivity index (χ2v) is 6.52. The zero-order chi connectivity index (χ0) is 14.4. The zero-order valence-electron chi connectivity index (χ0n) is 11.0. The van der Waals surface area contributed by atoms with E-state index in [9.17, 15) is 8.42 Å². The molecule has 2 aromatic rings. The number of hydrogen-bond donors (Lipinski definition) is 2. The van der Waals surface area contributed by atoms with Gasteiger partial charge in [-0.1, -0.05) is 0 Å². The van der Waals surface area contributed by atoms with Crippen LogP contribution in [0.4, 0.5) is 5.82 Å². The minimum absolute atomic E-state index is 0.210. The smallest absolute Gasteiger partial charge is 0.240 e. The highest BCUT2D eigenvalue weighted by Crippen LogP contribution is 2.12. The van der Waals surface area contributed by atoms with E-state index in [1.165, 1.54) is 29.7 Å². The largest absolute Gasteiger partial charge is 0.370 e. The van der Waals surface area contributed by atoms with E-state index in [0.29, 0.717) is 25.3 Å². The molecule has 2 heterocycles. The highest BCUT2D eigenvalue weighted by atomic mass is 32.2. The molecule has 0 aromatic carbocycles. The van der Waals surface area contributed by atoms with Crippen molar-refractivity contribution in [3.05, 3.63) is 34.9 Å². The maximum absolute atomic E-state index is 12.1. The number of nitrogens with zero attached hydrogens (tertiary/aromatic N) is 2. The van der Waals surface area contributed by atoms with Crippen molar-refractivity contribution in [1.82, 2.24) is 14.7 Å². The van der Waals surface area contributed by atoms with E-state index in [2.05, 4.69) is 20.0 Å². The monoisotopic (exact) mass is 312 g/mol. The van der Waals surface area contributed by atoms with Gasteiger partial charge in [-0.25, -0.2) is 23.1 Å². The number of sulfonamides is 1. The van der Waals surface area contributed by atoms with Crippen molar-refractivity contribution in [2.45, 2.75) is 18.2 Å². The van der Waals surface area contributed by atoms with Gasteiger partial charge in [0.05, 0.1) is 16.1 Å². The van der Waals surface area contributed by atoms with Gasteiger partial charge in [0.15, 0.2) is 0 Å². The number of hydrogen-bond acceptors (Lipinski definition) is 6. The summed E-state index contributed by atoms with van der Waals surface area (Å²) < 4.78 is 26.8. The highest BCUT2D eigenvalue weighted by Gasteiger charge is 2.14. The highest BCUT2D eigenvalue weighted by molar-refractivity contribution is 7.89. The molecule has 0 aliphatic carbocycles. The third-order valence-electron chi connectivity index (χ3n) is 2.56.